The highest BCUT2D eigenvalue weighted by Gasteiger charge is 2.07. The van der Waals surface area contributed by atoms with E-state index in [1.165, 1.54) is 0 Å². The maximum atomic E-state index is 13.2. The van der Waals surface area contributed by atoms with Gasteiger partial charge >= 0.3 is 0 Å². The summed E-state index contributed by atoms with van der Waals surface area (Å²) < 4.78 is 14.9. The van der Waals surface area contributed by atoms with E-state index in [2.05, 4.69) is 25.5 Å². The number of aromatic nitrogens is 5. The van der Waals surface area contributed by atoms with Gasteiger partial charge in [-0.1, -0.05) is 0 Å². The van der Waals surface area contributed by atoms with Crippen LogP contribution < -0.4 is 5.32 Å². The molecule has 2 aromatic rings. The fraction of sp³-hybridized carbons (Fsp3) is 0.250. The number of hydrogen-bond acceptors (Lipinski definition) is 5. The zero-order valence-corrected chi connectivity index (χ0v) is 9.11. The minimum atomic E-state index is -0.563. The van der Waals surface area contributed by atoms with Crippen LogP contribution in [0.4, 0.5) is 10.2 Å². The Morgan fingerprint density at radius 1 is 1.56 bits per heavy atom. The van der Waals surface area contributed by atoms with Crippen molar-refractivity contribution in [1.29, 1.82) is 0 Å². The van der Waals surface area contributed by atoms with Crippen molar-refractivity contribution in [3.8, 4) is 0 Å². The zero-order valence-electron chi connectivity index (χ0n) is 8.35. The molecule has 6 nitrogen and oxygen atoms in total. The Morgan fingerprint density at radius 3 is 3.06 bits per heavy atom. The Balaban J connectivity index is 2.10. The fourth-order valence-corrected chi connectivity index (χ4v) is 1.23. The second-order valence-electron chi connectivity index (χ2n) is 3.05. The van der Waals surface area contributed by atoms with Gasteiger partial charge in [0.15, 0.2) is 17.5 Å². The summed E-state index contributed by atoms with van der Waals surface area (Å²) in [6, 6.07) is 0. The molecule has 2 heterocycles. The van der Waals surface area contributed by atoms with Crippen LogP contribution in [0.15, 0.2) is 12.5 Å². The Labute approximate surface area is 95.5 Å². The number of anilines is 1. The van der Waals surface area contributed by atoms with Crippen LogP contribution in [0.25, 0.3) is 0 Å². The fourth-order valence-electron chi connectivity index (χ4n) is 1.10. The lowest BCUT2D eigenvalue weighted by Crippen LogP contribution is -2.08. The average molecular weight is 243 g/mol. The minimum absolute atomic E-state index is 0.0122. The summed E-state index contributed by atoms with van der Waals surface area (Å²) >= 11 is 5.55. The van der Waals surface area contributed by atoms with Crippen LogP contribution in [0.1, 0.15) is 5.82 Å². The van der Waals surface area contributed by atoms with Crippen LogP contribution in [0, 0.1) is 5.82 Å². The van der Waals surface area contributed by atoms with Crippen LogP contribution in [0.2, 0.25) is 5.28 Å². The molecule has 0 saturated carbocycles. The second-order valence-corrected chi connectivity index (χ2v) is 3.39. The van der Waals surface area contributed by atoms with Crippen molar-refractivity contribution in [3.05, 3.63) is 29.4 Å². The third-order valence-corrected chi connectivity index (χ3v) is 2.12. The average Bonchev–Trinajstić information content (AvgIpc) is 2.66. The third-order valence-electron chi connectivity index (χ3n) is 1.93. The van der Waals surface area contributed by atoms with E-state index in [9.17, 15) is 4.39 Å². The van der Waals surface area contributed by atoms with Gasteiger partial charge < -0.3 is 9.88 Å². The van der Waals surface area contributed by atoms with Gasteiger partial charge in [0, 0.05) is 7.05 Å². The van der Waals surface area contributed by atoms with E-state index in [1.54, 1.807) is 17.9 Å². The summed E-state index contributed by atoms with van der Waals surface area (Å²) in [7, 11) is 1.79. The van der Waals surface area contributed by atoms with Gasteiger partial charge in [0.25, 0.3) is 0 Å². The first-order chi connectivity index (χ1) is 7.66. The maximum absolute atomic E-state index is 13.2. The standard InChI is InChI=1S/C8H8ClFN6/c1-16-4-13-15-6(16)3-11-7-5(10)2-12-8(9)14-7/h2,4H,3H2,1H3,(H,11,12,14). The smallest absolute Gasteiger partial charge is 0.224 e. The molecule has 8 heteroatoms. The molecule has 0 aliphatic rings. The molecular formula is C8H8ClFN6. The van der Waals surface area contributed by atoms with Crippen LogP contribution in [-0.4, -0.2) is 24.7 Å². The van der Waals surface area contributed by atoms with Gasteiger partial charge in [-0.05, 0) is 11.6 Å². The first-order valence-corrected chi connectivity index (χ1v) is 4.79. The summed E-state index contributed by atoms with van der Waals surface area (Å²) in [6.07, 6.45) is 2.56. The van der Waals surface area contributed by atoms with E-state index in [4.69, 9.17) is 11.6 Å². The van der Waals surface area contributed by atoms with Gasteiger partial charge in [-0.15, -0.1) is 10.2 Å². The molecule has 0 fully saturated rings. The number of aryl methyl sites for hydroxylation is 1. The SMILES string of the molecule is Cn1cnnc1CNc1nc(Cl)ncc1F. The largest absolute Gasteiger partial charge is 0.360 e. The van der Waals surface area contributed by atoms with Crippen LogP contribution in [0.3, 0.4) is 0 Å². The molecule has 1 N–H and O–H groups in total. The van der Waals surface area contributed by atoms with E-state index in [0.29, 0.717) is 12.4 Å². The van der Waals surface area contributed by atoms with E-state index in [-0.39, 0.29) is 11.1 Å². The van der Waals surface area contributed by atoms with Crippen molar-refractivity contribution in [3.63, 3.8) is 0 Å². The number of nitrogens with zero attached hydrogens (tertiary/aromatic N) is 5. The topological polar surface area (TPSA) is 68.5 Å². The van der Waals surface area contributed by atoms with Crippen molar-refractivity contribution >= 4 is 17.4 Å². The number of halogens is 2. The molecule has 0 saturated heterocycles. The highest BCUT2D eigenvalue weighted by atomic mass is 35.5. The molecule has 0 amide bonds. The molecule has 16 heavy (non-hydrogen) atoms. The quantitative estimate of drug-likeness (QED) is 0.814. The summed E-state index contributed by atoms with van der Waals surface area (Å²) in [5.74, 6) is 0.142. The van der Waals surface area contributed by atoms with Crippen LogP contribution in [0.5, 0.6) is 0 Å². The van der Waals surface area contributed by atoms with Crippen LogP contribution >= 0.6 is 11.6 Å². The molecular weight excluding hydrogens is 235 g/mol. The van der Waals surface area contributed by atoms with Gasteiger partial charge in [0.2, 0.25) is 5.28 Å². The van der Waals surface area contributed by atoms with Crippen molar-refractivity contribution < 1.29 is 4.39 Å². The maximum Gasteiger partial charge on any atom is 0.224 e. The number of nitrogens with one attached hydrogen (secondary N) is 1. The molecule has 0 aromatic carbocycles. The van der Waals surface area contributed by atoms with E-state index < -0.39 is 5.82 Å². The Kier molecular flexibility index (Phi) is 2.95. The first kappa shape index (κ1) is 10.7. The Hall–Kier alpha value is -1.76. The summed E-state index contributed by atoms with van der Waals surface area (Å²) in [6.45, 7) is 0.306. The Bertz CT molecular complexity index is 499. The molecule has 0 bridgehead atoms. The summed E-state index contributed by atoms with van der Waals surface area (Å²) in [5.41, 5.74) is 0. The molecule has 2 rings (SSSR count). The lowest BCUT2D eigenvalue weighted by atomic mass is 10.5. The molecule has 0 aliphatic carbocycles. The van der Waals surface area contributed by atoms with Crippen molar-refractivity contribution in [1.82, 2.24) is 24.7 Å². The van der Waals surface area contributed by atoms with Crippen molar-refractivity contribution in [2.24, 2.45) is 7.05 Å². The van der Waals surface area contributed by atoms with Crippen LogP contribution in [-0.2, 0) is 13.6 Å². The van der Waals surface area contributed by atoms with Gasteiger partial charge in [0.1, 0.15) is 6.33 Å². The zero-order chi connectivity index (χ0) is 11.5. The van der Waals surface area contributed by atoms with Crippen molar-refractivity contribution in [2.75, 3.05) is 5.32 Å². The lowest BCUT2D eigenvalue weighted by Gasteiger charge is -2.05. The molecule has 84 valence electrons. The van der Waals surface area contributed by atoms with E-state index >= 15 is 0 Å². The van der Waals surface area contributed by atoms with Gasteiger partial charge in [-0.3, -0.25) is 0 Å². The van der Waals surface area contributed by atoms with Crippen molar-refractivity contribution in [2.45, 2.75) is 6.54 Å². The summed E-state index contributed by atoms with van der Waals surface area (Å²) in [4.78, 5) is 7.22. The molecule has 0 spiro atoms. The Morgan fingerprint density at radius 2 is 2.38 bits per heavy atom. The van der Waals surface area contributed by atoms with E-state index in [1.807, 2.05) is 0 Å². The lowest BCUT2D eigenvalue weighted by molar-refractivity contribution is 0.615. The normalized spacial score (nSPS) is 10.4. The molecule has 0 radical (unpaired) electrons. The summed E-state index contributed by atoms with van der Waals surface area (Å²) in [5, 5.41) is 10.3. The number of rotatable bonds is 3. The molecule has 2 aromatic heterocycles. The molecule has 0 atom stereocenters. The third kappa shape index (κ3) is 2.25. The van der Waals surface area contributed by atoms with Gasteiger partial charge in [-0.25, -0.2) is 9.37 Å². The van der Waals surface area contributed by atoms with Gasteiger partial charge in [-0.2, -0.15) is 4.98 Å². The predicted molar refractivity (Wildman–Crippen MR) is 55.3 cm³/mol. The van der Waals surface area contributed by atoms with E-state index in [0.717, 1.165) is 6.20 Å². The monoisotopic (exact) mass is 242 g/mol. The minimum Gasteiger partial charge on any atom is -0.360 e. The predicted octanol–water partition coefficient (Wildman–Crippen LogP) is 1.01. The number of hydrogen-bond donors (Lipinski definition) is 1. The molecule has 0 aliphatic heterocycles. The highest BCUT2D eigenvalue weighted by molar-refractivity contribution is 6.28. The second kappa shape index (κ2) is 4.40. The van der Waals surface area contributed by atoms with Gasteiger partial charge in [0.05, 0.1) is 12.7 Å². The highest BCUT2D eigenvalue weighted by Crippen LogP contribution is 2.12. The molecule has 0 unspecified atom stereocenters. The first-order valence-electron chi connectivity index (χ1n) is 4.41.